The summed E-state index contributed by atoms with van der Waals surface area (Å²) < 4.78 is 12.9. The summed E-state index contributed by atoms with van der Waals surface area (Å²) in [5.74, 6) is 0.324. The molecule has 0 atom stereocenters. The minimum atomic E-state index is -0.215. The van der Waals surface area contributed by atoms with Crippen LogP contribution in [0.2, 0.25) is 0 Å². The lowest BCUT2D eigenvalue weighted by Crippen LogP contribution is -2.51. The van der Waals surface area contributed by atoms with Crippen molar-refractivity contribution in [1.29, 1.82) is 0 Å². The zero-order chi connectivity index (χ0) is 14.4. The molecule has 0 unspecified atom stereocenters. The molecule has 7 heteroatoms. The molecule has 1 aliphatic heterocycles. The minimum Gasteiger partial charge on any atom is -0.396 e. The number of nitrogens with zero attached hydrogens (tertiary/aromatic N) is 3. The maximum atomic E-state index is 12.9. The van der Waals surface area contributed by atoms with Gasteiger partial charge in [0, 0.05) is 45.0 Å². The number of anilines is 1. The van der Waals surface area contributed by atoms with Crippen molar-refractivity contribution < 1.29 is 9.50 Å². The SMILES string of the molecule is I.NC(=NCCCO)N1CCN(c2ccc(F)cc2)CC1. The Morgan fingerprint density at radius 3 is 2.38 bits per heavy atom. The summed E-state index contributed by atoms with van der Waals surface area (Å²) in [4.78, 5) is 8.48. The molecule has 1 aromatic rings. The van der Waals surface area contributed by atoms with Gasteiger partial charge in [-0.15, -0.1) is 24.0 Å². The Morgan fingerprint density at radius 2 is 1.81 bits per heavy atom. The van der Waals surface area contributed by atoms with E-state index in [9.17, 15) is 4.39 Å². The quantitative estimate of drug-likeness (QED) is 0.341. The monoisotopic (exact) mass is 408 g/mol. The predicted molar refractivity (Wildman–Crippen MR) is 93.8 cm³/mol. The molecule has 118 valence electrons. The van der Waals surface area contributed by atoms with Gasteiger partial charge in [-0.3, -0.25) is 4.99 Å². The van der Waals surface area contributed by atoms with Crippen LogP contribution in [-0.4, -0.2) is 55.3 Å². The number of benzene rings is 1. The third-order valence-corrected chi connectivity index (χ3v) is 3.39. The van der Waals surface area contributed by atoms with Crippen molar-refractivity contribution in [1.82, 2.24) is 4.90 Å². The van der Waals surface area contributed by atoms with Crippen molar-refractivity contribution in [2.75, 3.05) is 44.2 Å². The summed E-state index contributed by atoms with van der Waals surface area (Å²) in [6.07, 6.45) is 0.635. The zero-order valence-corrected chi connectivity index (χ0v) is 14.2. The Hall–Kier alpha value is -1.09. The Kier molecular flexibility index (Phi) is 7.73. The lowest BCUT2D eigenvalue weighted by molar-refractivity contribution is 0.290. The van der Waals surface area contributed by atoms with Gasteiger partial charge in [-0.25, -0.2) is 4.39 Å². The van der Waals surface area contributed by atoms with Gasteiger partial charge in [-0.2, -0.15) is 0 Å². The van der Waals surface area contributed by atoms with Gasteiger partial charge in [0.2, 0.25) is 0 Å². The molecule has 1 aromatic carbocycles. The first-order chi connectivity index (χ1) is 9.70. The smallest absolute Gasteiger partial charge is 0.191 e. The molecule has 5 nitrogen and oxygen atoms in total. The average molecular weight is 408 g/mol. The topological polar surface area (TPSA) is 65.1 Å². The van der Waals surface area contributed by atoms with Gasteiger partial charge < -0.3 is 20.6 Å². The fraction of sp³-hybridized carbons (Fsp3) is 0.500. The van der Waals surface area contributed by atoms with Crippen LogP contribution in [0, 0.1) is 5.82 Å². The highest BCUT2D eigenvalue weighted by molar-refractivity contribution is 14.0. The van der Waals surface area contributed by atoms with E-state index in [2.05, 4.69) is 9.89 Å². The first-order valence-corrected chi connectivity index (χ1v) is 6.87. The molecule has 3 N–H and O–H groups in total. The maximum Gasteiger partial charge on any atom is 0.191 e. The summed E-state index contributed by atoms with van der Waals surface area (Å²) in [7, 11) is 0. The van der Waals surface area contributed by atoms with Crippen molar-refractivity contribution in [2.24, 2.45) is 10.7 Å². The van der Waals surface area contributed by atoms with E-state index in [0.717, 1.165) is 31.9 Å². The van der Waals surface area contributed by atoms with Gasteiger partial charge in [-0.05, 0) is 30.7 Å². The lowest BCUT2D eigenvalue weighted by atomic mass is 10.2. The number of guanidine groups is 1. The molecule has 0 spiro atoms. The van der Waals surface area contributed by atoms with E-state index < -0.39 is 0 Å². The first kappa shape index (κ1) is 18.0. The molecule has 0 saturated carbocycles. The normalized spacial score (nSPS) is 15.8. The van der Waals surface area contributed by atoms with Crippen LogP contribution in [-0.2, 0) is 0 Å². The maximum absolute atomic E-state index is 12.9. The number of hydrogen-bond acceptors (Lipinski definition) is 3. The van der Waals surface area contributed by atoms with E-state index in [4.69, 9.17) is 10.8 Å². The van der Waals surface area contributed by atoms with Crippen LogP contribution in [0.25, 0.3) is 0 Å². The zero-order valence-electron chi connectivity index (χ0n) is 11.9. The highest BCUT2D eigenvalue weighted by Crippen LogP contribution is 2.16. The minimum absolute atomic E-state index is 0. The van der Waals surface area contributed by atoms with Gasteiger partial charge in [0.15, 0.2) is 5.96 Å². The summed E-state index contributed by atoms with van der Waals surface area (Å²) in [5.41, 5.74) is 6.95. The Labute approximate surface area is 141 Å². The van der Waals surface area contributed by atoms with Gasteiger partial charge in [-0.1, -0.05) is 0 Å². The van der Waals surface area contributed by atoms with Crippen molar-refractivity contribution in [2.45, 2.75) is 6.42 Å². The second-order valence-electron chi connectivity index (χ2n) is 4.77. The Balaban J connectivity index is 0.00000220. The van der Waals surface area contributed by atoms with Crippen molar-refractivity contribution in [3.8, 4) is 0 Å². The molecule has 2 rings (SSSR count). The number of aliphatic imine (C=N–C) groups is 1. The second-order valence-corrected chi connectivity index (χ2v) is 4.77. The number of aliphatic hydroxyl groups excluding tert-OH is 1. The first-order valence-electron chi connectivity index (χ1n) is 6.87. The molecule has 0 radical (unpaired) electrons. The van der Waals surface area contributed by atoms with Crippen LogP contribution in [0.5, 0.6) is 0 Å². The number of rotatable bonds is 4. The molecule has 1 aliphatic rings. The van der Waals surface area contributed by atoms with Gasteiger partial charge >= 0.3 is 0 Å². The average Bonchev–Trinajstić information content (AvgIpc) is 2.48. The number of halogens is 2. The number of nitrogens with two attached hydrogens (primary N) is 1. The van der Waals surface area contributed by atoms with Crippen LogP contribution < -0.4 is 10.6 Å². The van der Waals surface area contributed by atoms with E-state index in [1.54, 1.807) is 12.1 Å². The molecule has 21 heavy (non-hydrogen) atoms. The van der Waals surface area contributed by atoms with E-state index in [0.29, 0.717) is 18.9 Å². The summed E-state index contributed by atoms with van der Waals surface area (Å²) in [6, 6.07) is 6.55. The third-order valence-electron chi connectivity index (χ3n) is 3.39. The van der Waals surface area contributed by atoms with Crippen LogP contribution in [0.15, 0.2) is 29.3 Å². The molecule has 1 heterocycles. The fourth-order valence-corrected chi connectivity index (χ4v) is 2.21. The van der Waals surface area contributed by atoms with Gasteiger partial charge in [0.1, 0.15) is 5.82 Å². The standard InChI is InChI=1S/C14H21FN4O.HI/c15-12-2-4-13(5-3-12)18-7-9-19(10-8-18)14(16)17-6-1-11-20;/h2-5,20H,1,6-11H2,(H2,16,17);1H. The summed E-state index contributed by atoms with van der Waals surface area (Å²) in [5, 5.41) is 8.71. The molecule has 1 fully saturated rings. The van der Waals surface area contributed by atoms with E-state index >= 15 is 0 Å². The number of hydrogen-bond donors (Lipinski definition) is 2. The number of aliphatic hydroxyl groups is 1. The summed E-state index contributed by atoms with van der Waals surface area (Å²) in [6.45, 7) is 3.96. The molecule has 1 saturated heterocycles. The largest absolute Gasteiger partial charge is 0.396 e. The molecule has 0 bridgehead atoms. The van der Waals surface area contributed by atoms with Gasteiger partial charge in [0.25, 0.3) is 0 Å². The highest BCUT2D eigenvalue weighted by Gasteiger charge is 2.18. The van der Waals surface area contributed by atoms with Crippen LogP contribution >= 0.6 is 24.0 Å². The Bertz CT molecular complexity index is 447. The van der Waals surface area contributed by atoms with E-state index in [1.165, 1.54) is 12.1 Å². The summed E-state index contributed by atoms with van der Waals surface area (Å²) >= 11 is 0. The fourth-order valence-electron chi connectivity index (χ4n) is 2.21. The number of piperazine rings is 1. The molecular weight excluding hydrogens is 386 g/mol. The van der Waals surface area contributed by atoms with Crippen LogP contribution in [0.4, 0.5) is 10.1 Å². The van der Waals surface area contributed by atoms with Crippen molar-refractivity contribution in [3.63, 3.8) is 0 Å². The van der Waals surface area contributed by atoms with Crippen LogP contribution in [0.1, 0.15) is 6.42 Å². The van der Waals surface area contributed by atoms with Gasteiger partial charge in [0.05, 0.1) is 0 Å². The lowest BCUT2D eigenvalue weighted by Gasteiger charge is -2.36. The van der Waals surface area contributed by atoms with Crippen molar-refractivity contribution >= 4 is 35.6 Å². The van der Waals surface area contributed by atoms with Crippen LogP contribution in [0.3, 0.4) is 0 Å². The molecule has 0 aromatic heterocycles. The van der Waals surface area contributed by atoms with Crippen molar-refractivity contribution in [3.05, 3.63) is 30.1 Å². The highest BCUT2D eigenvalue weighted by atomic mass is 127. The van der Waals surface area contributed by atoms with E-state index in [1.807, 2.05) is 4.90 Å². The molecular formula is C14H22FIN4O. The Morgan fingerprint density at radius 1 is 1.19 bits per heavy atom. The predicted octanol–water partition coefficient (Wildman–Crippen LogP) is 1.26. The van der Waals surface area contributed by atoms with E-state index in [-0.39, 0.29) is 36.4 Å². The molecule has 0 aliphatic carbocycles. The third kappa shape index (κ3) is 5.31. The molecule has 0 amide bonds. The second kappa shape index (κ2) is 9.04.